The fourth-order valence-electron chi connectivity index (χ4n) is 2.09. The van der Waals surface area contributed by atoms with Crippen LogP contribution in [0.1, 0.15) is 39.0 Å². The standard InChI is InChI=1S/C15H31NO4/c1-2-3-7-17-11-13-20-14-12-19-10-6-15(16)4-8-18-9-5-15/h2-14,16H2,1H3. The van der Waals surface area contributed by atoms with E-state index in [0.29, 0.717) is 33.0 Å². The monoisotopic (exact) mass is 289 g/mol. The van der Waals surface area contributed by atoms with Crippen molar-refractivity contribution in [1.82, 2.24) is 0 Å². The first kappa shape index (κ1) is 17.9. The first-order valence-corrected chi connectivity index (χ1v) is 7.87. The van der Waals surface area contributed by atoms with Gasteiger partial charge >= 0.3 is 0 Å². The zero-order chi connectivity index (χ0) is 14.5. The summed E-state index contributed by atoms with van der Waals surface area (Å²) in [5, 5.41) is 0. The van der Waals surface area contributed by atoms with E-state index in [1.54, 1.807) is 0 Å². The number of hydrogen-bond acceptors (Lipinski definition) is 5. The zero-order valence-electron chi connectivity index (χ0n) is 12.9. The topological polar surface area (TPSA) is 62.9 Å². The Balaban J connectivity index is 1.80. The summed E-state index contributed by atoms with van der Waals surface area (Å²) in [7, 11) is 0. The largest absolute Gasteiger partial charge is 0.381 e. The number of unbranched alkanes of at least 4 members (excludes halogenated alkanes) is 1. The van der Waals surface area contributed by atoms with Crippen LogP contribution in [0.25, 0.3) is 0 Å². The van der Waals surface area contributed by atoms with E-state index in [4.69, 9.17) is 24.7 Å². The van der Waals surface area contributed by atoms with E-state index in [1.807, 2.05) is 0 Å². The quantitative estimate of drug-likeness (QED) is 0.554. The van der Waals surface area contributed by atoms with Crippen LogP contribution in [0.3, 0.4) is 0 Å². The van der Waals surface area contributed by atoms with Crippen molar-refractivity contribution < 1.29 is 18.9 Å². The van der Waals surface area contributed by atoms with Crippen LogP contribution in [0.2, 0.25) is 0 Å². The van der Waals surface area contributed by atoms with Crippen molar-refractivity contribution in [3.63, 3.8) is 0 Å². The first-order valence-electron chi connectivity index (χ1n) is 7.87. The average molecular weight is 289 g/mol. The maximum absolute atomic E-state index is 6.27. The van der Waals surface area contributed by atoms with Gasteiger partial charge in [0.1, 0.15) is 0 Å². The lowest BCUT2D eigenvalue weighted by Crippen LogP contribution is -2.45. The van der Waals surface area contributed by atoms with E-state index in [0.717, 1.165) is 45.5 Å². The normalized spacial score (nSPS) is 18.3. The van der Waals surface area contributed by atoms with Crippen molar-refractivity contribution in [1.29, 1.82) is 0 Å². The zero-order valence-corrected chi connectivity index (χ0v) is 12.9. The predicted molar refractivity (Wildman–Crippen MR) is 79.0 cm³/mol. The highest BCUT2D eigenvalue weighted by molar-refractivity contribution is 4.85. The lowest BCUT2D eigenvalue weighted by Gasteiger charge is -2.33. The van der Waals surface area contributed by atoms with Crippen LogP contribution in [0.15, 0.2) is 0 Å². The second-order valence-electron chi connectivity index (χ2n) is 5.42. The molecule has 0 aromatic heterocycles. The molecule has 1 aliphatic rings. The molecule has 0 bridgehead atoms. The minimum Gasteiger partial charge on any atom is -0.381 e. The van der Waals surface area contributed by atoms with Gasteiger partial charge in [-0.25, -0.2) is 0 Å². The molecule has 0 aromatic carbocycles. The van der Waals surface area contributed by atoms with E-state index < -0.39 is 0 Å². The van der Waals surface area contributed by atoms with Crippen molar-refractivity contribution in [3.05, 3.63) is 0 Å². The number of rotatable bonds is 12. The molecule has 0 aromatic rings. The Morgan fingerprint density at radius 3 is 2.05 bits per heavy atom. The van der Waals surface area contributed by atoms with Gasteiger partial charge in [0.25, 0.3) is 0 Å². The van der Waals surface area contributed by atoms with Crippen molar-refractivity contribution >= 4 is 0 Å². The Morgan fingerprint density at radius 2 is 1.45 bits per heavy atom. The molecule has 5 heteroatoms. The Kier molecular flexibility index (Phi) is 10.2. The summed E-state index contributed by atoms with van der Waals surface area (Å²) in [5.41, 5.74) is 6.18. The highest BCUT2D eigenvalue weighted by atomic mass is 16.5. The summed E-state index contributed by atoms with van der Waals surface area (Å²) in [6, 6.07) is 0. The van der Waals surface area contributed by atoms with Crippen LogP contribution >= 0.6 is 0 Å². The molecule has 2 N–H and O–H groups in total. The van der Waals surface area contributed by atoms with E-state index in [-0.39, 0.29) is 5.54 Å². The molecule has 0 radical (unpaired) electrons. The summed E-state index contributed by atoms with van der Waals surface area (Å²) in [4.78, 5) is 0. The maximum Gasteiger partial charge on any atom is 0.0701 e. The van der Waals surface area contributed by atoms with Crippen molar-refractivity contribution in [2.24, 2.45) is 5.73 Å². The molecule has 1 saturated heterocycles. The lowest BCUT2D eigenvalue weighted by molar-refractivity contribution is 0.00267. The smallest absolute Gasteiger partial charge is 0.0701 e. The molecule has 0 atom stereocenters. The Hall–Kier alpha value is -0.200. The molecule has 5 nitrogen and oxygen atoms in total. The average Bonchev–Trinajstić information content (AvgIpc) is 2.45. The van der Waals surface area contributed by atoms with Crippen LogP contribution in [0.5, 0.6) is 0 Å². The highest BCUT2D eigenvalue weighted by Crippen LogP contribution is 2.21. The molecule has 120 valence electrons. The third-order valence-electron chi connectivity index (χ3n) is 3.62. The van der Waals surface area contributed by atoms with Crippen LogP contribution in [-0.4, -0.2) is 58.4 Å². The predicted octanol–water partition coefficient (Wildman–Crippen LogP) is 1.73. The van der Waals surface area contributed by atoms with Crippen molar-refractivity contribution in [2.75, 3.05) is 52.9 Å². The maximum atomic E-state index is 6.27. The van der Waals surface area contributed by atoms with E-state index in [1.165, 1.54) is 6.42 Å². The van der Waals surface area contributed by atoms with E-state index in [9.17, 15) is 0 Å². The molecule has 0 amide bonds. The fraction of sp³-hybridized carbons (Fsp3) is 1.00. The summed E-state index contributed by atoms with van der Waals surface area (Å²) in [6.45, 7) is 7.81. The fourth-order valence-corrected chi connectivity index (χ4v) is 2.09. The summed E-state index contributed by atoms with van der Waals surface area (Å²) >= 11 is 0. The Morgan fingerprint density at radius 1 is 0.900 bits per heavy atom. The van der Waals surface area contributed by atoms with Crippen LogP contribution in [0, 0.1) is 0 Å². The molecular weight excluding hydrogens is 258 g/mol. The van der Waals surface area contributed by atoms with Gasteiger partial charge in [0.15, 0.2) is 0 Å². The minimum atomic E-state index is -0.0910. The molecule has 1 aliphatic heterocycles. The van der Waals surface area contributed by atoms with Gasteiger partial charge < -0.3 is 24.7 Å². The van der Waals surface area contributed by atoms with Gasteiger partial charge in [-0.1, -0.05) is 13.3 Å². The van der Waals surface area contributed by atoms with Gasteiger partial charge in [-0.2, -0.15) is 0 Å². The molecule has 0 spiro atoms. The molecule has 1 rings (SSSR count). The molecule has 0 unspecified atom stereocenters. The molecule has 1 heterocycles. The summed E-state index contributed by atoms with van der Waals surface area (Å²) < 4.78 is 21.7. The molecule has 1 fully saturated rings. The molecule has 20 heavy (non-hydrogen) atoms. The van der Waals surface area contributed by atoms with Gasteiger partial charge in [0.2, 0.25) is 0 Å². The van der Waals surface area contributed by atoms with Crippen LogP contribution in [0.4, 0.5) is 0 Å². The minimum absolute atomic E-state index is 0.0910. The van der Waals surface area contributed by atoms with E-state index >= 15 is 0 Å². The van der Waals surface area contributed by atoms with E-state index in [2.05, 4.69) is 6.92 Å². The third kappa shape index (κ3) is 8.87. The number of ether oxygens (including phenoxy) is 4. The SMILES string of the molecule is CCCCOCCOCCOCCC1(N)CCOCC1. The third-order valence-corrected chi connectivity index (χ3v) is 3.62. The summed E-state index contributed by atoms with van der Waals surface area (Å²) in [5.74, 6) is 0. The van der Waals surface area contributed by atoms with Crippen molar-refractivity contribution in [3.8, 4) is 0 Å². The van der Waals surface area contributed by atoms with Gasteiger partial charge in [0, 0.05) is 32.0 Å². The molecule has 0 aliphatic carbocycles. The molecular formula is C15H31NO4. The van der Waals surface area contributed by atoms with Crippen LogP contribution in [-0.2, 0) is 18.9 Å². The molecule has 0 saturated carbocycles. The Bertz CT molecular complexity index is 220. The first-order chi connectivity index (χ1) is 9.77. The van der Waals surface area contributed by atoms with Gasteiger partial charge in [-0.15, -0.1) is 0 Å². The highest BCUT2D eigenvalue weighted by Gasteiger charge is 2.27. The van der Waals surface area contributed by atoms with Gasteiger partial charge in [-0.3, -0.25) is 0 Å². The second kappa shape index (κ2) is 11.5. The second-order valence-corrected chi connectivity index (χ2v) is 5.42. The van der Waals surface area contributed by atoms with Crippen LogP contribution < -0.4 is 5.73 Å². The van der Waals surface area contributed by atoms with Gasteiger partial charge in [0.05, 0.1) is 26.4 Å². The van der Waals surface area contributed by atoms with Gasteiger partial charge in [-0.05, 0) is 25.7 Å². The number of nitrogens with two attached hydrogens (primary N) is 1. The number of hydrogen-bond donors (Lipinski definition) is 1. The van der Waals surface area contributed by atoms with Crippen molar-refractivity contribution in [2.45, 2.75) is 44.6 Å². The Labute approximate surface area is 123 Å². The lowest BCUT2D eigenvalue weighted by atomic mass is 9.88. The summed E-state index contributed by atoms with van der Waals surface area (Å²) in [6.07, 6.45) is 5.05.